The number of hydrogen-bond donors (Lipinski definition) is 4. The third kappa shape index (κ3) is 11.0. The summed E-state index contributed by atoms with van der Waals surface area (Å²) >= 11 is 0. The molecular formula is C29H38N5NaO7. The van der Waals surface area contributed by atoms with Gasteiger partial charge in [0.15, 0.2) is 0 Å². The van der Waals surface area contributed by atoms with Gasteiger partial charge in [-0.3, -0.25) is 19.2 Å². The van der Waals surface area contributed by atoms with E-state index in [0.29, 0.717) is 48.6 Å². The number of urea groups is 1. The first-order valence-electron chi connectivity index (χ1n) is 13.5. The molecule has 1 saturated heterocycles. The molecule has 0 spiro atoms. The Kier molecular flexibility index (Phi) is 14.3. The van der Waals surface area contributed by atoms with Gasteiger partial charge in [-0.15, -0.1) is 0 Å². The van der Waals surface area contributed by atoms with E-state index >= 15 is 0 Å². The fraction of sp³-hybridized carbons (Fsp3) is 0.414. The number of carbonyl (C=O) groups excluding carboxylic acids is 4. The molecule has 0 bridgehead atoms. The van der Waals surface area contributed by atoms with Gasteiger partial charge in [0.25, 0.3) is 0 Å². The number of carboxylic acids is 1. The number of amides is 5. The van der Waals surface area contributed by atoms with Crippen LogP contribution < -0.4 is 20.7 Å². The van der Waals surface area contributed by atoms with Crippen LogP contribution >= 0.6 is 0 Å². The summed E-state index contributed by atoms with van der Waals surface area (Å²) in [6.45, 7) is 3.10. The molecule has 1 aliphatic heterocycles. The van der Waals surface area contributed by atoms with Crippen LogP contribution in [0.5, 0.6) is 5.75 Å². The molecule has 0 atom stereocenters. The first-order valence-corrected chi connectivity index (χ1v) is 13.5. The predicted octanol–water partition coefficient (Wildman–Crippen LogP) is 1.97. The molecule has 1 fully saturated rings. The fourth-order valence-electron chi connectivity index (χ4n) is 4.46. The number of aliphatic carboxylic acids is 1. The zero-order chi connectivity index (χ0) is 29.8. The predicted molar refractivity (Wildman–Crippen MR) is 160 cm³/mol. The molecule has 222 valence electrons. The number of ether oxygens (including phenoxy) is 1. The van der Waals surface area contributed by atoms with Crippen LogP contribution in [0.2, 0.25) is 0 Å². The molecule has 5 amide bonds. The molecule has 0 saturated carbocycles. The van der Waals surface area contributed by atoms with Crippen molar-refractivity contribution in [2.24, 2.45) is 0 Å². The van der Waals surface area contributed by atoms with Gasteiger partial charge in [-0.1, -0.05) is 24.3 Å². The average molecular weight is 592 g/mol. The van der Waals surface area contributed by atoms with Crippen molar-refractivity contribution in [2.45, 2.75) is 39.0 Å². The summed E-state index contributed by atoms with van der Waals surface area (Å²) < 4.78 is 5.39. The summed E-state index contributed by atoms with van der Waals surface area (Å²) in [5.74, 6) is -1.38. The molecule has 2 aromatic rings. The molecule has 3 rings (SSSR count). The molecule has 13 heteroatoms. The van der Waals surface area contributed by atoms with E-state index < -0.39 is 23.8 Å². The fourth-order valence-corrected chi connectivity index (χ4v) is 4.46. The molecule has 4 N–H and O–H groups in total. The van der Waals surface area contributed by atoms with Gasteiger partial charge < -0.3 is 35.6 Å². The van der Waals surface area contributed by atoms with Crippen molar-refractivity contribution in [2.75, 3.05) is 50.5 Å². The molecule has 0 radical (unpaired) electrons. The van der Waals surface area contributed by atoms with Crippen LogP contribution in [-0.4, -0.2) is 114 Å². The van der Waals surface area contributed by atoms with Gasteiger partial charge in [0.05, 0.1) is 32.2 Å². The van der Waals surface area contributed by atoms with E-state index in [-0.39, 0.29) is 67.9 Å². The van der Waals surface area contributed by atoms with Crippen LogP contribution in [0.1, 0.15) is 36.8 Å². The van der Waals surface area contributed by atoms with E-state index in [0.717, 1.165) is 12.0 Å². The molecule has 1 aliphatic rings. The zero-order valence-electron chi connectivity index (χ0n) is 23.4. The standard InChI is InChI=1S/C29H37N5O7.Na.H/c1-20-7-3-4-8-22(20)31-29(40)32-23-11-10-21(17-24(23)41-2)18-25(35)30-19-27(37)34(16-12-28(38)39)15-6-14-33-13-5-9-26(33)36;;/h3-4,7-8,10-11,17H,5-6,9,12-16,18-19H2,1-2H3,(H,30,35)(H,38,39)(H2,31,32,40);;. The van der Waals surface area contributed by atoms with Crippen molar-refractivity contribution in [3.63, 3.8) is 0 Å². The Morgan fingerprint density at radius 3 is 2.45 bits per heavy atom. The van der Waals surface area contributed by atoms with E-state index in [2.05, 4.69) is 16.0 Å². The van der Waals surface area contributed by atoms with Crippen molar-refractivity contribution >= 4 is 70.7 Å². The number of carbonyl (C=O) groups is 5. The van der Waals surface area contributed by atoms with Gasteiger partial charge in [-0.25, -0.2) is 4.79 Å². The van der Waals surface area contributed by atoms with Gasteiger partial charge in [-0.05, 0) is 49.1 Å². The Labute approximate surface area is 267 Å². The third-order valence-electron chi connectivity index (χ3n) is 6.68. The average Bonchev–Trinajstić information content (AvgIpc) is 3.35. The van der Waals surface area contributed by atoms with Crippen molar-refractivity contribution < 1.29 is 33.8 Å². The quantitative estimate of drug-likeness (QED) is 0.245. The molecule has 12 nitrogen and oxygen atoms in total. The van der Waals surface area contributed by atoms with Gasteiger partial charge in [-0.2, -0.15) is 0 Å². The number of carboxylic acid groups (broad SMARTS) is 1. The number of likely N-dealkylation sites (tertiary alicyclic amines) is 1. The Balaban J connectivity index is 0.00000616. The number of nitrogens with one attached hydrogen (secondary N) is 3. The first-order chi connectivity index (χ1) is 19.7. The van der Waals surface area contributed by atoms with Crippen LogP contribution in [0, 0.1) is 6.92 Å². The van der Waals surface area contributed by atoms with Gasteiger partial charge >= 0.3 is 41.6 Å². The molecule has 2 aromatic carbocycles. The summed E-state index contributed by atoms with van der Waals surface area (Å²) in [5.41, 5.74) is 2.62. The van der Waals surface area contributed by atoms with Crippen LogP contribution in [0.25, 0.3) is 0 Å². The second kappa shape index (κ2) is 17.4. The van der Waals surface area contributed by atoms with Crippen molar-refractivity contribution in [1.29, 1.82) is 0 Å². The van der Waals surface area contributed by atoms with E-state index in [1.54, 1.807) is 29.2 Å². The summed E-state index contributed by atoms with van der Waals surface area (Å²) in [7, 11) is 1.45. The minimum absolute atomic E-state index is 0. The number of hydrogen-bond acceptors (Lipinski definition) is 6. The summed E-state index contributed by atoms with van der Waals surface area (Å²) in [4.78, 5) is 63.8. The first kappa shape index (κ1) is 34.6. The van der Waals surface area contributed by atoms with Crippen molar-refractivity contribution in [1.82, 2.24) is 15.1 Å². The molecule has 0 aliphatic carbocycles. The van der Waals surface area contributed by atoms with Crippen LogP contribution in [-0.2, 0) is 25.6 Å². The number of rotatable bonds is 14. The van der Waals surface area contributed by atoms with E-state index in [4.69, 9.17) is 9.84 Å². The van der Waals surface area contributed by atoms with E-state index in [1.807, 2.05) is 25.1 Å². The zero-order valence-corrected chi connectivity index (χ0v) is 23.4. The van der Waals surface area contributed by atoms with Crippen molar-refractivity contribution in [3.8, 4) is 5.75 Å². The molecule has 0 unspecified atom stereocenters. The van der Waals surface area contributed by atoms with Gasteiger partial charge in [0.2, 0.25) is 17.7 Å². The van der Waals surface area contributed by atoms with Gasteiger partial charge in [0, 0.05) is 38.3 Å². The Morgan fingerprint density at radius 2 is 1.79 bits per heavy atom. The Bertz CT molecular complexity index is 1270. The number of nitrogens with zero attached hydrogens (tertiary/aromatic N) is 2. The number of benzene rings is 2. The van der Waals surface area contributed by atoms with E-state index in [9.17, 15) is 24.0 Å². The van der Waals surface area contributed by atoms with E-state index in [1.165, 1.54) is 12.0 Å². The number of methoxy groups -OCH3 is 1. The Hall–Kier alpha value is -3.61. The normalized spacial score (nSPS) is 12.2. The third-order valence-corrected chi connectivity index (χ3v) is 6.68. The minimum atomic E-state index is -1.03. The summed E-state index contributed by atoms with van der Waals surface area (Å²) in [6.07, 6.45) is 1.62. The topological polar surface area (TPSA) is 157 Å². The molecule has 42 heavy (non-hydrogen) atoms. The van der Waals surface area contributed by atoms with Crippen LogP contribution in [0.15, 0.2) is 42.5 Å². The number of aryl methyl sites for hydroxylation is 1. The summed E-state index contributed by atoms with van der Waals surface area (Å²) in [6, 6.07) is 11.9. The Morgan fingerprint density at radius 1 is 1.05 bits per heavy atom. The summed E-state index contributed by atoms with van der Waals surface area (Å²) in [5, 5.41) is 17.2. The van der Waals surface area contributed by atoms with Crippen LogP contribution in [0.3, 0.4) is 0 Å². The molecular weight excluding hydrogens is 553 g/mol. The second-order valence-corrected chi connectivity index (χ2v) is 9.74. The van der Waals surface area contributed by atoms with Crippen molar-refractivity contribution in [3.05, 3.63) is 53.6 Å². The monoisotopic (exact) mass is 591 g/mol. The number of anilines is 2. The number of para-hydroxylation sites is 1. The molecule has 1 heterocycles. The maximum absolute atomic E-state index is 12.8. The molecule has 0 aromatic heterocycles. The van der Waals surface area contributed by atoms with Gasteiger partial charge in [0.1, 0.15) is 5.75 Å². The maximum atomic E-state index is 12.8. The second-order valence-electron chi connectivity index (χ2n) is 9.74. The van der Waals surface area contributed by atoms with Crippen LogP contribution in [0.4, 0.5) is 16.2 Å². The SMILES string of the molecule is COc1cc(CC(=O)NCC(=O)N(CCCN2CCCC2=O)CCC(=O)O)ccc1NC(=O)Nc1ccccc1C.[NaH].